The summed E-state index contributed by atoms with van der Waals surface area (Å²) in [5.41, 5.74) is 5.74. The van der Waals surface area contributed by atoms with Gasteiger partial charge in [-0.05, 0) is 31.6 Å². The molecule has 0 spiro atoms. The normalized spacial score (nSPS) is 25.6. The molecule has 0 radical (unpaired) electrons. The minimum Gasteiger partial charge on any atom is -0.369 e. The number of alkyl halides is 3. The number of hydrogen-bond donors (Lipinski definition) is 2. The Morgan fingerprint density at radius 2 is 2.05 bits per heavy atom. The highest BCUT2D eigenvalue weighted by Crippen LogP contribution is 2.24. The summed E-state index contributed by atoms with van der Waals surface area (Å²) >= 11 is 0. The number of ether oxygens (including phenoxy) is 1. The first-order chi connectivity index (χ1) is 9.19. The molecule has 3 N–H and O–H groups in total. The SMILES string of the molecule is CC(C)[C@H](N)C(=O)NC1CCCC(OCC(F)(F)F)C1. The van der Waals surface area contributed by atoms with Crippen molar-refractivity contribution in [2.45, 2.75) is 63.9 Å². The number of amides is 1. The van der Waals surface area contributed by atoms with Crippen LogP contribution in [0.2, 0.25) is 0 Å². The van der Waals surface area contributed by atoms with Gasteiger partial charge in [-0.1, -0.05) is 13.8 Å². The highest BCUT2D eigenvalue weighted by Gasteiger charge is 2.32. The smallest absolute Gasteiger partial charge is 0.369 e. The van der Waals surface area contributed by atoms with Gasteiger partial charge in [0.15, 0.2) is 0 Å². The lowest BCUT2D eigenvalue weighted by Gasteiger charge is -2.31. The summed E-state index contributed by atoms with van der Waals surface area (Å²) in [6.45, 7) is 2.46. The van der Waals surface area contributed by atoms with E-state index in [1.54, 1.807) is 0 Å². The van der Waals surface area contributed by atoms with Gasteiger partial charge in [-0.3, -0.25) is 4.79 Å². The average Bonchev–Trinajstić information content (AvgIpc) is 2.35. The Morgan fingerprint density at radius 1 is 1.40 bits per heavy atom. The van der Waals surface area contributed by atoms with Crippen molar-refractivity contribution in [3.63, 3.8) is 0 Å². The number of hydrogen-bond acceptors (Lipinski definition) is 3. The second-order valence-corrected chi connectivity index (χ2v) is 5.69. The standard InChI is InChI=1S/C13H23F3N2O2/c1-8(2)11(17)12(19)18-9-4-3-5-10(6-9)20-7-13(14,15)16/h8-11H,3-7,17H2,1-2H3,(H,18,19)/t9?,10?,11-/m0/s1. The van der Waals surface area contributed by atoms with E-state index in [9.17, 15) is 18.0 Å². The van der Waals surface area contributed by atoms with E-state index in [1.807, 2.05) is 13.8 Å². The number of halogens is 3. The molecule has 0 aromatic heterocycles. The van der Waals surface area contributed by atoms with Crippen molar-refractivity contribution in [3.8, 4) is 0 Å². The molecule has 1 saturated carbocycles. The lowest BCUT2D eigenvalue weighted by Crippen LogP contribution is -2.49. The Morgan fingerprint density at radius 3 is 2.60 bits per heavy atom. The Hall–Kier alpha value is -0.820. The maximum atomic E-state index is 12.1. The molecule has 0 aromatic carbocycles. The summed E-state index contributed by atoms with van der Waals surface area (Å²) in [5.74, 6) is -0.225. The fraction of sp³-hybridized carbons (Fsp3) is 0.923. The zero-order valence-electron chi connectivity index (χ0n) is 11.9. The van der Waals surface area contributed by atoms with Crippen LogP contribution in [-0.4, -0.2) is 36.9 Å². The van der Waals surface area contributed by atoms with Crippen molar-refractivity contribution in [3.05, 3.63) is 0 Å². The van der Waals surface area contributed by atoms with Crippen LogP contribution >= 0.6 is 0 Å². The largest absolute Gasteiger partial charge is 0.411 e. The van der Waals surface area contributed by atoms with Gasteiger partial charge in [-0.2, -0.15) is 13.2 Å². The number of rotatable bonds is 5. The molecule has 1 rings (SSSR count). The minimum absolute atomic E-state index is 0.0240. The van der Waals surface area contributed by atoms with Crippen LogP contribution < -0.4 is 11.1 Å². The first-order valence-electron chi connectivity index (χ1n) is 6.93. The Kier molecular flexibility index (Phi) is 6.26. The number of carbonyl (C=O) groups is 1. The Labute approximate surface area is 117 Å². The lowest BCUT2D eigenvalue weighted by atomic mass is 9.92. The summed E-state index contributed by atoms with van der Waals surface area (Å²) in [5, 5.41) is 2.80. The predicted octanol–water partition coefficient (Wildman–Crippen LogP) is 1.98. The highest BCUT2D eigenvalue weighted by molar-refractivity contribution is 5.82. The molecule has 0 heterocycles. The van der Waals surface area contributed by atoms with Gasteiger partial charge < -0.3 is 15.8 Å². The summed E-state index contributed by atoms with van der Waals surface area (Å²) in [6, 6.07) is -0.745. The predicted molar refractivity (Wildman–Crippen MR) is 69.0 cm³/mol. The average molecular weight is 296 g/mol. The molecule has 1 aliphatic carbocycles. The van der Waals surface area contributed by atoms with Gasteiger partial charge in [0.1, 0.15) is 6.61 Å². The van der Waals surface area contributed by atoms with E-state index in [0.717, 1.165) is 12.8 Å². The second-order valence-electron chi connectivity index (χ2n) is 5.69. The van der Waals surface area contributed by atoms with Crippen molar-refractivity contribution < 1.29 is 22.7 Å². The van der Waals surface area contributed by atoms with E-state index in [4.69, 9.17) is 10.5 Å². The molecular weight excluding hydrogens is 273 g/mol. The van der Waals surface area contributed by atoms with Crippen LogP contribution in [0.3, 0.4) is 0 Å². The zero-order valence-corrected chi connectivity index (χ0v) is 11.9. The molecular formula is C13H23F3N2O2. The van der Waals surface area contributed by atoms with E-state index >= 15 is 0 Å². The molecule has 118 valence electrons. The molecule has 2 unspecified atom stereocenters. The fourth-order valence-corrected chi connectivity index (χ4v) is 2.24. The van der Waals surface area contributed by atoms with E-state index < -0.39 is 24.9 Å². The van der Waals surface area contributed by atoms with E-state index in [-0.39, 0.29) is 17.9 Å². The van der Waals surface area contributed by atoms with Gasteiger partial charge >= 0.3 is 6.18 Å². The molecule has 1 aliphatic rings. The van der Waals surface area contributed by atoms with Crippen LogP contribution in [0.1, 0.15) is 39.5 Å². The third-order valence-electron chi connectivity index (χ3n) is 3.48. The molecule has 1 fully saturated rings. The number of carbonyl (C=O) groups excluding carboxylic acids is 1. The van der Waals surface area contributed by atoms with Gasteiger partial charge in [0.05, 0.1) is 12.1 Å². The van der Waals surface area contributed by atoms with Crippen LogP contribution in [0, 0.1) is 5.92 Å². The molecule has 3 atom stereocenters. The van der Waals surface area contributed by atoms with Crippen molar-refractivity contribution >= 4 is 5.91 Å². The minimum atomic E-state index is -4.31. The van der Waals surface area contributed by atoms with Gasteiger partial charge in [0.2, 0.25) is 5.91 Å². The van der Waals surface area contributed by atoms with Gasteiger partial charge in [0.25, 0.3) is 0 Å². The maximum absolute atomic E-state index is 12.1. The Bertz CT molecular complexity index is 321. The van der Waals surface area contributed by atoms with Crippen molar-refractivity contribution in [1.29, 1.82) is 0 Å². The van der Waals surface area contributed by atoms with Crippen molar-refractivity contribution in [1.82, 2.24) is 5.32 Å². The summed E-state index contributed by atoms with van der Waals surface area (Å²) < 4.78 is 41.2. The Balaban J connectivity index is 2.39. The fourth-order valence-electron chi connectivity index (χ4n) is 2.24. The molecule has 0 aromatic rings. The van der Waals surface area contributed by atoms with E-state index in [2.05, 4.69) is 5.32 Å². The first-order valence-corrected chi connectivity index (χ1v) is 6.93. The monoisotopic (exact) mass is 296 g/mol. The third kappa shape index (κ3) is 6.09. The quantitative estimate of drug-likeness (QED) is 0.815. The lowest BCUT2D eigenvalue weighted by molar-refractivity contribution is -0.188. The highest BCUT2D eigenvalue weighted by atomic mass is 19.4. The summed E-state index contributed by atoms with van der Waals surface area (Å²) in [4.78, 5) is 11.8. The van der Waals surface area contributed by atoms with Crippen LogP contribution in [0.4, 0.5) is 13.2 Å². The van der Waals surface area contributed by atoms with Crippen LogP contribution in [0.15, 0.2) is 0 Å². The van der Waals surface area contributed by atoms with Crippen LogP contribution in [0.25, 0.3) is 0 Å². The third-order valence-corrected chi connectivity index (χ3v) is 3.48. The molecule has 7 heteroatoms. The van der Waals surface area contributed by atoms with E-state index in [0.29, 0.717) is 12.8 Å². The van der Waals surface area contributed by atoms with Crippen molar-refractivity contribution in [2.75, 3.05) is 6.61 Å². The van der Waals surface area contributed by atoms with Crippen LogP contribution in [-0.2, 0) is 9.53 Å². The molecule has 0 saturated heterocycles. The molecule has 0 aliphatic heterocycles. The van der Waals surface area contributed by atoms with Crippen LogP contribution in [0.5, 0.6) is 0 Å². The summed E-state index contributed by atoms with van der Waals surface area (Å²) in [6.07, 6.45) is -2.26. The maximum Gasteiger partial charge on any atom is 0.411 e. The van der Waals surface area contributed by atoms with Crippen molar-refractivity contribution in [2.24, 2.45) is 11.7 Å². The molecule has 4 nitrogen and oxygen atoms in total. The zero-order chi connectivity index (χ0) is 15.3. The van der Waals surface area contributed by atoms with Gasteiger partial charge in [0, 0.05) is 6.04 Å². The molecule has 20 heavy (non-hydrogen) atoms. The molecule has 0 bridgehead atoms. The number of nitrogens with one attached hydrogen (secondary N) is 1. The second kappa shape index (κ2) is 7.26. The number of nitrogens with two attached hydrogens (primary N) is 1. The molecule has 1 amide bonds. The first kappa shape index (κ1) is 17.2. The topological polar surface area (TPSA) is 64.4 Å². The van der Waals surface area contributed by atoms with E-state index in [1.165, 1.54) is 0 Å². The van der Waals surface area contributed by atoms with Gasteiger partial charge in [-0.25, -0.2) is 0 Å². The summed E-state index contributed by atoms with van der Waals surface area (Å²) in [7, 11) is 0. The van der Waals surface area contributed by atoms with Gasteiger partial charge in [-0.15, -0.1) is 0 Å².